The Bertz CT molecular complexity index is 972. The summed E-state index contributed by atoms with van der Waals surface area (Å²) in [5.41, 5.74) is 3.47. The first-order valence-corrected chi connectivity index (χ1v) is 12.5. The molecule has 1 N–H and O–H groups in total. The SMILES string of the molecule is CCOC(Cc1ccc(OCCN(CCC(C)C)C(=O)Oc2ccc3c(c2)CCC3)cc1)C(=O)O. The van der Waals surface area contributed by atoms with Gasteiger partial charge in [0, 0.05) is 19.6 Å². The number of benzene rings is 2. The maximum absolute atomic E-state index is 12.9. The first-order valence-electron chi connectivity index (χ1n) is 12.5. The van der Waals surface area contributed by atoms with Gasteiger partial charge in [-0.15, -0.1) is 0 Å². The lowest BCUT2D eigenvalue weighted by Gasteiger charge is -2.23. The Hall–Kier alpha value is -3.06. The molecule has 0 fully saturated rings. The molecule has 0 bridgehead atoms. The van der Waals surface area contributed by atoms with Crippen molar-refractivity contribution < 1.29 is 28.9 Å². The van der Waals surface area contributed by atoms with Crippen molar-refractivity contribution in [1.82, 2.24) is 4.90 Å². The number of hydrogen-bond acceptors (Lipinski definition) is 5. The van der Waals surface area contributed by atoms with Crippen LogP contribution in [0, 0.1) is 5.92 Å². The van der Waals surface area contributed by atoms with Crippen LogP contribution in [0.5, 0.6) is 11.5 Å². The average molecular weight is 484 g/mol. The Morgan fingerprint density at radius 2 is 1.71 bits per heavy atom. The van der Waals surface area contributed by atoms with Gasteiger partial charge in [-0.25, -0.2) is 9.59 Å². The number of nitrogens with zero attached hydrogens (tertiary/aromatic N) is 1. The molecule has 0 saturated heterocycles. The molecule has 1 aliphatic carbocycles. The second kappa shape index (κ2) is 13.1. The van der Waals surface area contributed by atoms with Crippen molar-refractivity contribution in [1.29, 1.82) is 0 Å². The first kappa shape index (κ1) is 26.5. The van der Waals surface area contributed by atoms with E-state index in [0.717, 1.165) is 31.2 Å². The maximum atomic E-state index is 12.9. The molecule has 2 aromatic carbocycles. The molecule has 1 amide bonds. The average Bonchev–Trinajstić information content (AvgIpc) is 3.29. The molecule has 1 aliphatic rings. The standard InChI is InChI=1S/C28H37NO6/c1-4-33-26(27(30)31)18-21-8-11-24(12-9-21)34-17-16-29(15-14-20(2)3)28(32)35-25-13-10-22-6-5-7-23(22)19-25/h8-13,19-20,26H,4-7,14-18H2,1-3H3,(H,30,31). The lowest BCUT2D eigenvalue weighted by atomic mass is 10.1. The second-order valence-electron chi connectivity index (χ2n) is 9.30. The third-order valence-electron chi connectivity index (χ3n) is 6.13. The number of carbonyl (C=O) groups excluding carboxylic acids is 1. The molecule has 7 nitrogen and oxygen atoms in total. The van der Waals surface area contributed by atoms with Gasteiger partial charge < -0.3 is 24.2 Å². The molecule has 0 aromatic heterocycles. The molecule has 0 radical (unpaired) electrons. The summed E-state index contributed by atoms with van der Waals surface area (Å²) in [6, 6.07) is 13.2. The van der Waals surface area contributed by atoms with Gasteiger partial charge >= 0.3 is 12.1 Å². The van der Waals surface area contributed by atoms with Gasteiger partial charge in [0.2, 0.25) is 0 Å². The predicted molar refractivity (Wildman–Crippen MR) is 134 cm³/mol. The smallest absolute Gasteiger partial charge is 0.415 e. The maximum Gasteiger partial charge on any atom is 0.415 e. The molecule has 190 valence electrons. The highest BCUT2D eigenvalue weighted by molar-refractivity contribution is 5.72. The Kier molecular flexibility index (Phi) is 9.97. The van der Waals surface area contributed by atoms with Crippen LogP contribution in [-0.4, -0.2) is 54.5 Å². The second-order valence-corrected chi connectivity index (χ2v) is 9.30. The summed E-state index contributed by atoms with van der Waals surface area (Å²) in [6.45, 7) is 7.71. The molecule has 7 heteroatoms. The molecule has 1 unspecified atom stereocenters. The van der Waals surface area contributed by atoms with Crippen LogP contribution in [0.25, 0.3) is 0 Å². The van der Waals surface area contributed by atoms with E-state index in [0.29, 0.717) is 50.1 Å². The Balaban J connectivity index is 1.53. The molecule has 0 aliphatic heterocycles. The molecular weight excluding hydrogens is 446 g/mol. The summed E-state index contributed by atoms with van der Waals surface area (Å²) in [5, 5.41) is 9.25. The van der Waals surface area contributed by atoms with E-state index in [1.165, 1.54) is 11.1 Å². The highest BCUT2D eigenvalue weighted by Gasteiger charge is 2.19. The highest BCUT2D eigenvalue weighted by Crippen LogP contribution is 2.26. The van der Waals surface area contributed by atoms with Gasteiger partial charge in [-0.2, -0.15) is 0 Å². The van der Waals surface area contributed by atoms with Crippen LogP contribution in [0.15, 0.2) is 42.5 Å². The van der Waals surface area contributed by atoms with Crippen molar-refractivity contribution in [2.24, 2.45) is 5.92 Å². The van der Waals surface area contributed by atoms with E-state index in [-0.39, 0.29) is 6.09 Å². The van der Waals surface area contributed by atoms with Gasteiger partial charge in [-0.05, 0) is 79.5 Å². The zero-order valence-electron chi connectivity index (χ0n) is 21.0. The molecule has 0 heterocycles. The lowest BCUT2D eigenvalue weighted by Crippen LogP contribution is -2.38. The van der Waals surface area contributed by atoms with Crippen molar-refractivity contribution >= 4 is 12.1 Å². The van der Waals surface area contributed by atoms with E-state index < -0.39 is 12.1 Å². The highest BCUT2D eigenvalue weighted by atomic mass is 16.6. The zero-order valence-corrected chi connectivity index (χ0v) is 21.0. The van der Waals surface area contributed by atoms with Crippen molar-refractivity contribution in [2.45, 2.75) is 59.0 Å². The van der Waals surface area contributed by atoms with Crippen molar-refractivity contribution in [2.75, 3.05) is 26.3 Å². The van der Waals surface area contributed by atoms with Gasteiger partial charge in [-0.3, -0.25) is 0 Å². The topological polar surface area (TPSA) is 85.3 Å². The summed E-state index contributed by atoms with van der Waals surface area (Å²) in [4.78, 5) is 25.9. The van der Waals surface area contributed by atoms with Crippen molar-refractivity contribution in [3.63, 3.8) is 0 Å². The fraction of sp³-hybridized carbons (Fsp3) is 0.500. The normalized spacial score (nSPS) is 13.4. The van der Waals surface area contributed by atoms with Crippen LogP contribution in [0.1, 0.15) is 50.3 Å². The van der Waals surface area contributed by atoms with Gasteiger partial charge in [-0.1, -0.05) is 32.0 Å². The number of aryl methyl sites for hydroxylation is 2. The van der Waals surface area contributed by atoms with Crippen molar-refractivity contribution in [3.8, 4) is 11.5 Å². The third kappa shape index (κ3) is 8.28. The molecule has 0 spiro atoms. The number of rotatable bonds is 13. The molecule has 1 atom stereocenters. The quantitative estimate of drug-likeness (QED) is 0.425. The van der Waals surface area contributed by atoms with E-state index in [4.69, 9.17) is 14.2 Å². The van der Waals surface area contributed by atoms with Gasteiger partial charge in [0.1, 0.15) is 18.1 Å². The number of carboxylic acid groups (broad SMARTS) is 1. The Morgan fingerprint density at radius 1 is 1.00 bits per heavy atom. The van der Waals surface area contributed by atoms with Crippen LogP contribution < -0.4 is 9.47 Å². The Morgan fingerprint density at radius 3 is 2.40 bits per heavy atom. The number of fused-ring (bicyclic) bond motifs is 1. The van der Waals surface area contributed by atoms with E-state index >= 15 is 0 Å². The van der Waals surface area contributed by atoms with E-state index in [2.05, 4.69) is 19.9 Å². The minimum absolute atomic E-state index is 0.293. The lowest BCUT2D eigenvalue weighted by molar-refractivity contribution is -0.149. The number of carbonyl (C=O) groups is 2. The summed E-state index contributed by atoms with van der Waals surface area (Å²) in [5.74, 6) is 0.742. The monoisotopic (exact) mass is 483 g/mol. The minimum atomic E-state index is -0.972. The first-order chi connectivity index (χ1) is 16.9. The number of aliphatic carboxylic acids is 1. The fourth-order valence-corrected chi connectivity index (χ4v) is 4.11. The molecule has 35 heavy (non-hydrogen) atoms. The number of hydrogen-bond donors (Lipinski definition) is 1. The minimum Gasteiger partial charge on any atom is -0.492 e. The van der Waals surface area contributed by atoms with Gasteiger partial charge in [0.05, 0.1) is 6.54 Å². The summed E-state index contributed by atoms with van der Waals surface area (Å²) in [7, 11) is 0. The molecule has 2 aromatic rings. The molecule has 0 saturated carbocycles. The molecular formula is C28H37NO6. The van der Waals surface area contributed by atoms with E-state index in [9.17, 15) is 14.7 Å². The number of carboxylic acids is 1. The van der Waals surface area contributed by atoms with E-state index in [1.807, 2.05) is 36.4 Å². The van der Waals surface area contributed by atoms with Crippen LogP contribution in [-0.2, 0) is 28.8 Å². The summed E-state index contributed by atoms with van der Waals surface area (Å²) >= 11 is 0. The number of ether oxygens (including phenoxy) is 3. The zero-order chi connectivity index (χ0) is 25.2. The van der Waals surface area contributed by atoms with Crippen molar-refractivity contribution in [3.05, 3.63) is 59.2 Å². The van der Waals surface area contributed by atoms with Gasteiger partial charge in [0.25, 0.3) is 0 Å². The van der Waals surface area contributed by atoms with E-state index in [1.54, 1.807) is 11.8 Å². The largest absolute Gasteiger partial charge is 0.492 e. The molecule has 3 rings (SSSR count). The predicted octanol–water partition coefficient (Wildman–Crippen LogP) is 5.13. The number of amides is 1. The van der Waals surface area contributed by atoms with Gasteiger partial charge in [0.15, 0.2) is 6.10 Å². The van der Waals surface area contributed by atoms with Crippen LogP contribution in [0.3, 0.4) is 0 Å². The summed E-state index contributed by atoms with van der Waals surface area (Å²) < 4.78 is 16.8. The third-order valence-corrected chi connectivity index (χ3v) is 6.13. The van der Waals surface area contributed by atoms with Crippen LogP contribution >= 0.6 is 0 Å². The van der Waals surface area contributed by atoms with Crippen LogP contribution in [0.4, 0.5) is 4.79 Å². The summed E-state index contributed by atoms with van der Waals surface area (Å²) in [6.07, 6.45) is 3.22. The van der Waals surface area contributed by atoms with Crippen LogP contribution in [0.2, 0.25) is 0 Å². The Labute approximate surface area is 208 Å². The fourth-order valence-electron chi connectivity index (χ4n) is 4.11.